The third kappa shape index (κ3) is 4.65. The molecule has 1 unspecified atom stereocenters. The van der Waals surface area contributed by atoms with Crippen molar-refractivity contribution in [3.63, 3.8) is 0 Å². The Labute approximate surface area is 185 Å². The highest BCUT2D eigenvalue weighted by Gasteiger charge is 2.29. The molecule has 156 valence electrons. The molecule has 1 aromatic heterocycles. The summed E-state index contributed by atoms with van der Waals surface area (Å²) in [7, 11) is 1.67. The van der Waals surface area contributed by atoms with E-state index < -0.39 is 0 Å². The number of hydrogen-bond donors (Lipinski definition) is 1. The van der Waals surface area contributed by atoms with Gasteiger partial charge in [0.05, 0.1) is 12.6 Å². The van der Waals surface area contributed by atoms with Crippen LogP contribution in [0.2, 0.25) is 5.02 Å². The van der Waals surface area contributed by atoms with Crippen molar-refractivity contribution in [1.82, 2.24) is 9.88 Å². The van der Waals surface area contributed by atoms with E-state index in [1.807, 2.05) is 59.1 Å². The lowest BCUT2D eigenvalue weighted by atomic mass is 10.1. The van der Waals surface area contributed by atoms with Crippen molar-refractivity contribution in [3.8, 4) is 5.75 Å². The van der Waals surface area contributed by atoms with Gasteiger partial charge in [-0.25, -0.2) is 0 Å². The molecular formula is C23H24ClN3O2S. The summed E-state index contributed by atoms with van der Waals surface area (Å²) in [4.78, 5) is 19.0. The number of amides is 1. The van der Waals surface area contributed by atoms with E-state index in [2.05, 4.69) is 16.4 Å². The molecule has 1 fully saturated rings. The van der Waals surface area contributed by atoms with Crippen LogP contribution in [0, 0.1) is 0 Å². The van der Waals surface area contributed by atoms with Crippen molar-refractivity contribution in [1.29, 1.82) is 0 Å². The first-order chi connectivity index (χ1) is 14.7. The largest absolute Gasteiger partial charge is 0.497 e. The molecule has 1 atom stereocenters. The van der Waals surface area contributed by atoms with Gasteiger partial charge in [0, 0.05) is 47.6 Å². The topological polar surface area (TPSA) is 54.5 Å². The normalized spacial score (nSPS) is 16.7. The number of anilines is 1. The number of aromatic nitrogens is 1. The summed E-state index contributed by atoms with van der Waals surface area (Å²) in [6.07, 6.45) is 3.23. The number of nitrogens with zero attached hydrogens (tertiary/aromatic N) is 2. The predicted molar refractivity (Wildman–Crippen MR) is 124 cm³/mol. The van der Waals surface area contributed by atoms with Gasteiger partial charge in [-0.3, -0.25) is 9.78 Å². The first kappa shape index (κ1) is 20.8. The van der Waals surface area contributed by atoms with Gasteiger partial charge in [0.15, 0.2) is 0 Å². The Morgan fingerprint density at radius 2 is 2.17 bits per heavy atom. The zero-order valence-corrected chi connectivity index (χ0v) is 18.4. The molecule has 5 nitrogen and oxygen atoms in total. The molecule has 1 saturated heterocycles. The lowest BCUT2D eigenvalue weighted by Gasteiger charge is -2.35. The highest BCUT2D eigenvalue weighted by atomic mass is 35.5. The fourth-order valence-electron chi connectivity index (χ4n) is 3.68. The Kier molecular flexibility index (Phi) is 6.65. The highest BCUT2D eigenvalue weighted by molar-refractivity contribution is 7.99. The summed E-state index contributed by atoms with van der Waals surface area (Å²) in [5.74, 6) is 1.88. The van der Waals surface area contributed by atoms with E-state index >= 15 is 0 Å². The highest BCUT2D eigenvalue weighted by Crippen LogP contribution is 2.38. The third-order valence-corrected chi connectivity index (χ3v) is 6.69. The fraction of sp³-hybridized carbons (Fsp3) is 0.304. The number of hydrogen-bond acceptors (Lipinski definition) is 5. The van der Waals surface area contributed by atoms with Crippen LogP contribution in [0.25, 0.3) is 10.9 Å². The number of rotatable bonds is 7. The standard InChI is InChI=1S/C23H24ClN3O2S/c1-29-18-5-2-4-16(14-18)23-27(22(28)9-13-30-23)12-3-10-25-20-8-11-26-21-15-17(24)6-7-19(20)21/h2,4-8,11,14-15,23H,3,9-10,12-13H2,1H3,(H,25,26). The van der Waals surface area contributed by atoms with Gasteiger partial charge in [0.25, 0.3) is 0 Å². The first-order valence-corrected chi connectivity index (χ1v) is 11.4. The summed E-state index contributed by atoms with van der Waals surface area (Å²) < 4.78 is 5.36. The van der Waals surface area contributed by atoms with Gasteiger partial charge in [-0.2, -0.15) is 0 Å². The number of benzene rings is 2. The van der Waals surface area contributed by atoms with Gasteiger partial charge in [0.2, 0.25) is 5.91 Å². The molecule has 1 aliphatic heterocycles. The molecule has 1 aliphatic rings. The SMILES string of the molecule is COc1cccc(C2SCCC(=O)N2CCCNc2ccnc3cc(Cl)ccc23)c1. The molecule has 1 N–H and O–H groups in total. The van der Waals surface area contributed by atoms with E-state index in [0.29, 0.717) is 18.0 Å². The van der Waals surface area contributed by atoms with E-state index in [1.54, 1.807) is 13.3 Å². The van der Waals surface area contributed by atoms with Crippen LogP contribution >= 0.6 is 23.4 Å². The number of methoxy groups -OCH3 is 1. The van der Waals surface area contributed by atoms with E-state index in [0.717, 1.165) is 46.6 Å². The Bertz CT molecular complexity index is 1050. The zero-order valence-electron chi connectivity index (χ0n) is 16.8. The van der Waals surface area contributed by atoms with Crippen molar-refractivity contribution < 1.29 is 9.53 Å². The van der Waals surface area contributed by atoms with E-state index in [1.165, 1.54) is 0 Å². The average molecular weight is 442 g/mol. The number of nitrogens with one attached hydrogen (secondary N) is 1. The van der Waals surface area contributed by atoms with E-state index in [4.69, 9.17) is 16.3 Å². The lowest BCUT2D eigenvalue weighted by Crippen LogP contribution is -2.38. The second-order valence-electron chi connectivity index (χ2n) is 7.14. The number of thioether (sulfide) groups is 1. The van der Waals surface area contributed by atoms with Crippen molar-refractivity contribution in [3.05, 3.63) is 65.3 Å². The van der Waals surface area contributed by atoms with Crippen molar-refractivity contribution in [2.45, 2.75) is 18.2 Å². The first-order valence-electron chi connectivity index (χ1n) is 9.99. The maximum Gasteiger partial charge on any atom is 0.224 e. The van der Waals surface area contributed by atoms with Crippen LogP contribution in [0.1, 0.15) is 23.8 Å². The van der Waals surface area contributed by atoms with Crippen LogP contribution in [0.3, 0.4) is 0 Å². The quantitative estimate of drug-likeness (QED) is 0.500. The van der Waals surface area contributed by atoms with Crippen LogP contribution in [-0.4, -0.2) is 41.7 Å². The Hall–Kier alpha value is -2.44. The van der Waals surface area contributed by atoms with Gasteiger partial charge in [-0.1, -0.05) is 23.7 Å². The zero-order chi connectivity index (χ0) is 20.9. The molecule has 30 heavy (non-hydrogen) atoms. The van der Waals surface area contributed by atoms with Crippen LogP contribution in [0.4, 0.5) is 5.69 Å². The maximum absolute atomic E-state index is 12.6. The summed E-state index contributed by atoms with van der Waals surface area (Å²) in [6, 6.07) is 15.7. The molecule has 2 heterocycles. The summed E-state index contributed by atoms with van der Waals surface area (Å²) in [6.45, 7) is 1.47. The number of carbonyl (C=O) groups excluding carboxylic acids is 1. The molecule has 7 heteroatoms. The molecule has 0 bridgehead atoms. The minimum atomic E-state index is 0.0326. The van der Waals surface area contributed by atoms with Crippen molar-refractivity contribution >= 4 is 45.9 Å². The Balaban J connectivity index is 1.41. The van der Waals surface area contributed by atoms with E-state index in [9.17, 15) is 4.79 Å². The number of halogens is 1. The summed E-state index contributed by atoms with van der Waals surface area (Å²) in [5, 5.41) is 5.24. The second kappa shape index (κ2) is 9.58. The summed E-state index contributed by atoms with van der Waals surface area (Å²) >= 11 is 7.89. The smallest absolute Gasteiger partial charge is 0.224 e. The number of pyridine rings is 1. The number of fused-ring (bicyclic) bond motifs is 1. The Morgan fingerprint density at radius 1 is 1.27 bits per heavy atom. The molecule has 0 aliphatic carbocycles. The van der Waals surface area contributed by atoms with Crippen LogP contribution < -0.4 is 10.1 Å². The maximum atomic E-state index is 12.6. The second-order valence-corrected chi connectivity index (χ2v) is 8.76. The van der Waals surface area contributed by atoms with Gasteiger partial charge < -0.3 is 15.0 Å². The lowest BCUT2D eigenvalue weighted by molar-refractivity contribution is -0.132. The minimum absolute atomic E-state index is 0.0326. The van der Waals surface area contributed by atoms with Crippen molar-refractivity contribution in [2.75, 3.05) is 31.3 Å². The molecule has 4 rings (SSSR count). The van der Waals surface area contributed by atoms with E-state index in [-0.39, 0.29) is 11.3 Å². The predicted octanol–water partition coefficient (Wildman–Crippen LogP) is 5.36. The minimum Gasteiger partial charge on any atom is -0.497 e. The summed E-state index contributed by atoms with van der Waals surface area (Å²) in [5.41, 5.74) is 3.01. The third-order valence-electron chi connectivity index (χ3n) is 5.17. The van der Waals surface area contributed by atoms with Gasteiger partial charge in [-0.15, -0.1) is 11.8 Å². The number of ether oxygens (including phenoxy) is 1. The van der Waals surface area contributed by atoms with Crippen LogP contribution in [-0.2, 0) is 4.79 Å². The Morgan fingerprint density at radius 3 is 3.03 bits per heavy atom. The van der Waals surface area contributed by atoms with Crippen LogP contribution in [0.5, 0.6) is 5.75 Å². The molecular weight excluding hydrogens is 418 g/mol. The molecule has 0 radical (unpaired) electrons. The molecule has 1 amide bonds. The van der Waals surface area contributed by atoms with Crippen LogP contribution in [0.15, 0.2) is 54.7 Å². The average Bonchev–Trinajstić information content (AvgIpc) is 2.77. The van der Waals surface area contributed by atoms with Gasteiger partial charge >= 0.3 is 0 Å². The van der Waals surface area contributed by atoms with Crippen molar-refractivity contribution in [2.24, 2.45) is 0 Å². The monoisotopic (exact) mass is 441 g/mol. The number of carbonyl (C=O) groups is 1. The molecule has 0 saturated carbocycles. The van der Waals surface area contributed by atoms with Gasteiger partial charge in [-0.05, 0) is 48.4 Å². The molecule has 3 aromatic rings. The molecule has 0 spiro atoms. The fourth-order valence-corrected chi connectivity index (χ4v) is 5.11. The molecule has 2 aromatic carbocycles. The van der Waals surface area contributed by atoms with Gasteiger partial charge in [0.1, 0.15) is 11.1 Å².